The summed E-state index contributed by atoms with van der Waals surface area (Å²) in [6.45, 7) is 0. The highest BCUT2D eigenvalue weighted by molar-refractivity contribution is 9.10. The molecule has 1 aromatic rings. The third kappa shape index (κ3) is 2.75. The Bertz CT molecular complexity index is 504. The molecule has 4 nitrogen and oxygen atoms in total. The van der Waals surface area contributed by atoms with Gasteiger partial charge in [-0.15, -0.1) is 0 Å². The maximum absolute atomic E-state index is 12.7. The van der Waals surface area contributed by atoms with Crippen molar-refractivity contribution in [3.63, 3.8) is 0 Å². The molecule has 0 aromatic heterocycles. The number of nitro benzene ring substituents is 1. The SMILES string of the molecule is O=C(Cl)c1c(Br)ccc([N+](=O)[O-])c1C(F)(F)F. The van der Waals surface area contributed by atoms with Crippen molar-refractivity contribution in [2.24, 2.45) is 0 Å². The second-order valence-electron chi connectivity index (χ2n) is 2.85. The van der Waals surface area contributed by atoms with E-state index in [0.29, 0.717) is 6.07 Å². The highest BCUT2D eigenvalue weighted by Gasteiger charge is 2.43. The molecule has 0 N–H and O–H groups in total. The first kappa shape index (κ1) is 13.9. The van der Waals surface area contributed by atoms with Gasteiger partial charge in [0.05, 0.1) is 10.5 Å². The van der Waals surface area contributed by atoms with Crippen LogP contribution < -0.4 is 0 Å². The molecular formula is C8H2BrClF3NO3. The quantitative estimate of drug-likeness (QED) is 0.471. The van der Waals surface area contributed by atoms with Crippen molar-refractivity contribution in [2.45, 2.75) is 6.18 Å². The van der Waals surface area contributed by atoms with Crippen molar-refractivity contribution in [3.8, 4) is 0 Å². The fourth-order valence-electron chi connectivity index (χ4n) is 1.20. The molecule has 1 aromatic carbocycles. The zero-order valence-corrected chi connectivity index (χ0v) is 10.1. The number of nitro groups is 1. The van der Waals surface area contributed by atoms with Gasteiger partial charge in [0, 0.05) is 10.5 Å². The summed E-state index contributed by atoms with van der Waals surface area (Å²) in [6, 6.07) is 1.61. The van der Waals surface area contributed by atoms with Crippen LogP contribution in [-0.2, 0) is 6.18 Å². The van der Waals surface area contributed by atoms with Crippen molar-refractivity contribution in [3.05, 3.63) is 37.8 Å². The van der Waals surface area contributed by atoms with Gasteiger partial charge in [-0.05, 0) is 33.6 Å². The van der Waals surface area contributed by atoms with Crippen LogP contribution in [0.3, 0.4) is 0 Å². The minimum Gasteiger partial charge on any atom is -0.276 e. The Morgan fingerprint density at radius 1 is 1.41 bits per heavy atom. The number of halogens is 5. The Balaban J connectivity index is 3.75. The van der Waals surface area contributed by atoms with Gasteiger partial charge in [-0.3, -0.25) is 14.9 Å². The van der Waals surface area contributed by atoms with E-state index in [0.717, 1.165) is 6.07 Å². The molecule has 17 heavy (non-hydrogen) atoms. The van der Waals surface area contributed by atoms with Gasteiger partial charge in [-0.2, -0.15) is 13.2 Å². The van der Waals surface area contributed by atoms with Gasteiger partial charge in [0.1, 0.15) is 5.56 Å². The maximum Gasteiger partial charge on any atom is 0.423 e. The van der Waals surface area contributed by atoms with Crippen LogP contribution in [-0.4, -0.2) is 10.2 Å². The number of nitrogens with zero attached hydrogens (tertiary/aromatic N) is 1. The normalized spacial score (nSPS) is 11.4. The van der Waals surface area contributed by atoms with E-state index in [1.807, 2.05) is 0 Å². The molecule has 0 amide bonds. The fraction of sp³-hybridized carbons (Fsp3) is 0.125. The van der Waals surface area contributed by atoms with Gasteiger partial charge < -0.3 is 0 Å². The highest BCUT2D eigenvalue weighted by Crippen LogP contribution is 2.41. The predicted octanol–water partition coefficient (Wildman–Crippen LogP) is 3.76. The van der Waals surface area contributed by atoms with Crippen LogP contribution in [0.2, 0.25) is 0 Å². The molecule has 1 rings (SSSR count). The number of alkyl halides is 3. The number of carbonyl (C=O) groups excluding carboxylic acids is 1. The van der Waals surface area contributed by atoms with Crippen LogP contribution >= 0.6 is 27.5 Å². The molecule has 0 heterocycles. The van der Waals surface area contributed by atoms with Gasteiger partial charge in [-0.25, -0.2) is 0 Å². The average Bonchev–Trinajstić information content (AvgIpc) is 2.14. The van der Waals surface area contributed by atoms with E-state index >= 15 is 0 Å². The Kier molecular flexibility index (Phi) is 3.78. The first-order valence-electron chi connectivity index (χ1n) is 3.90. The minimum absolute atomic E-state index is 0.254. The molecule has 0 aliphatic rings. The first-order valence-corrected chi connectivity index (χ1v) is 5.07. The third-order valence-corrected chi connectivity index (χ3v) is 2.66. The zero-order chi connectivity index (χ0) is 13.4. The molecule has 0 spiro atoms. The second-order valence-corrected chi connectivity index (χ2v) is 4.04. The largest absolute Gasteiger partial charge is 0.423 e. The summed E-state index contributed by atoms with van der Waals surface area (Å²) in [5.41, 5.74) is -3.84. The molecule has 0 fully saturated rings. The Hall–Kier alpha value is -1.15. The van der Waals surface area contributed by atoms with Crippen molar-refractivity contribution in [1.82, 2.24) is 0 Å². The summed E-state index contributed by atoms with van der Waals surface area (Å²) in [5, 5.41) is 9.07. The molecule has 0 bridgehead atoms. The van der Waals surface area contributed by atoms with Gasteiger partial charge in [0.25, 0.3) is 10.9 Å². The summed E-state index contributed by atoms with van der Waals surface area (Å²) in [5.74, 6) is 0. The Morgan fingerprint density at radius 2 is 1.94 bits per heavy atom. The van der Waals surface area contributed by atoms with E-state index in [-0.39, 0.29) is 4.47 Å². The van der Waals surface area contributed by atoms with E-state index in [1.165, 1.54) is 0 Å². The molecule has 0 atom stereocenters. The standard InChI is InChI=1S/C8H2BrClF3NO3/c9-3-1-2-4(14(16)17)6(8(11,12)13)5(3)7(10)15/h1-2H. The minimum atomic E-state index is -5.05. The lowest BCUT2D eigenvalue weighted by Crippen LogP contribution is -2.14. The summed E-state index contributed by atoms with van der Waals surface area (Å²) in [4.78, 5) is 20.2. The number of hydrogen-bond donors (Lipinski definition) is 0. The first-order chi connectivity index (χ1) is 7.66. The van der Waals surface area contributed by atoms with E-state index in [2.05, 4.69) is 15.9 Å². The average molecular weight is 332 g/mol. The molecule has 92 valence electrons. The number of carbonyl (C=O) groups is 1. The molecule has 0 radical (unpaired) electrons. The van der Waals surface area contributed by atoms with Crippen LogP contribution in [0.25, 0.3) is 0 Å². The van der Waals surface area contributed by atoms with Crippen molar-refractivity contribution in [2.75, 3.05) is 0 Å². The van der Waals surface area contributed by atoms with Crippen LogP contribution in [0, 0.1) is 10.1 Å². The number of benzene rings is 1. The summed E-state index contributed by atoms with van der Waals surface area (Å²) in [7, 11) is 0. The van der Waals surface area contributed by atoms with Crippen LogP contribution in [0.4, 0.5) is 18.9 Å². The lowest BCUT2D eigenvalue weighted by Gasteiger charge is -2.11. The van der Waals surface area contributed by atoms with Crippen LogP contribution in [0.5, 0.6) is 0 Å². The topological polar surface area (TPSA) is 60.2 Å². The van der Waals surface area contributed by atoms with Gasteiger partial charge in [-0.1, -0.05) is 0 Å². The zero-order valence-electron chi connectivity index (χ0n) is 7.72. The molecule has 0 aliphatic carbocycles. The molecule has 0 unspecified atom stereocenters. The molecular weight excluding hydrogens is 330 g/mol. The van der Waals surface area contributed by atoms with Crippen molar-refractivity contribution in [1.29, 1.82) is 0 Å². The maximum atomic E-state index is 12.7. The van der Waals surface area contributed by atoms with Gasteiger partial charge in [0.15, 0.2) is 0 Å². The molecule has 0 saturated carbocycles. The van der Waals surface area contributed by atoms with E-state index < -0.39 is 33.2 Å². The summed E-state index contributed by atoms with van der Waals surface area (Å²) >= 11 is 7.70. The molecule has 0 aliphatic heterocycles. The van der Waals surface area contributed by atoms with Crippen molar-refractivity contribution >= 4 is 38.5 Å². The van der Waals surface area contributed by atoms with Crippen molar-refractivity contribution < 1.29 is 22.9 Å². The highest BCUT2D eigenvalue weighted by atomic mass is 79.9. The Morgan fingerprint density at radius 3 is 2.29 bits per heavy atom. The monoisotopic (exact) mass is 331 g/mol. The number of hydrogen-bond acceptors (Lipinski definition) is 3. The van der Waals surface area contributed by atoms with Gasteiger partial charge >= 0.3 is 6.18 Å². The number of rotatable bonds is 2. The summed E-state index contributed by atoms with van der Waals surface area (Å²) < 4.78 is 37.8. The van der Waals surface area contributed by atoms with Gasteiger partial charge in [0.2, 0.25) is 0 Å². The predicted molar refractivity (Wildman–Crippen MR) is 56.0 cm³/mol. The Labute approximate surface area is 106 Å². The molecule has 9 heteroatoms. The van der Waals surface area contributed by atoms with E-state index in [4.69, 9.17) is 11.6 Å². The molecule has 0 saturated heterocycles. The fourth-order valence-corrected chi connectivity index (χ4v) is 2.02. The third-order valence-electron chi connectivity index (χ3n) is 1.81. The van der Waals surface area contributed by atoms with E-state index in [9.17, 15) is 28.1 Å². The van der Waals surface area contributed by atoms with E-state index in [1.54, 1.807) is 0 Å². The van der Waals surface area contributed by atoms with Crippen LogP contribution in [0.1, 0.15) is 15.9 Å². The smallest absolute Gasteiger partial charge is 0.276 e. The second kappa shape index (κ2) is 4.61. The lowest BCUT2D eigenvalue weighted by molar-refractivity contribution is -0.388. The summed E-state index contributed by atoms with van der Waals surface area (Å²) in [6.07, 6.45) is -5.05. The lowest BCUT2D eigenvalue weighted by atomic mass is 10.1. The van der Waals surface area contributed by atoms with Crippen LogP contribution in [0.15, 0.2) is 16.6 Å².